The van der Waals surface area contributed by atoms with Crippen molar-refractivity contribution < 1.29 is 0 Å². The third-order valence-corrected chi connectivity index (χ3v) is 4.58. The average Bonchev–Trinajstić information content (AvgIpc) is 2.38. The first-order chi connectivity index (χ1) is 8.48. The van der Waals surface area contributed by atoms with Crippen LogP contribution in [0.3, 0.4) is 0 Å². The van der Waals surface area contributed by atoms with E-state index >= 15 is 0 Å². The normalized spacial score (nSPS) is 19.7. The molecule has 0 unspecified atom stereocenters. The van der Waals surface area contributed by atoms with Gasteiger partial charge < -0.3 is 15.1 Å². The summed E-state index contributed by atoms with van der Waals surface area (Å²) in [6, 6.07) is 0.791. The molecule has 1 saturated heterocycles. The van der Waals surface area contributed by atoms with E-state index in [1.807, 2.05) is 0 Å². The molecule has 18 heavy (non-hydrogen) atoms. The molecule has 1 heterocycles. The maximum atomic E-state index is 3.65. The summed E-state index contributed by atoms with van der Waals surface area (Å²) >= 11 is 0. The molecule has 0 saturated carbocycles. The van der Waals surface area contributed by atoms with E-state index in [-0.39, 0.29) is 5.54 Å². The van der Waals surface area contributed by atoms with Gasteiger partial charge in [-0.25, -0.2) is 0 Å². The van der Waals surface area contributed by atoms with E-state index < -0.39 is 0 Å². The first-order valence-electron chi connectivity index (χ1n) is 7.66. The summed E-state index contributed by atoms with van der Waals surface area (Å²) < 4.78 is 0. The van der Waals surface area contributed by atoms with Crippen molar-refractivity contribution in [3.8, 4) is 0 Å². The third-order valence-electron chi connectivity index (χ3n) is 4.58. The molecule has 1 fully saturated rings. The van der Waals surface area contributed by atoms with Gasteiger partial charge in [-0.05, 0) is 59.8 Å². The molecule has 1 aliphatic rings. The second-order valence-electron chi connectivity index (χ2n) is 6.31. The van der Waals surface area contributed by atoms with Crippen LogP contribution in [0.15, 0.2) is 0 Å². The third kappa shape index (κ3) is 5.25. The van der Waals surface area contributed by atoms with E-state index in [9.17, 15) is 0 Å². The smallest absolute Gasteiger partial charge is 0.0123 e. The number of likely N-dealkylation sites (tertiary alicyclic amines) is 1. The zero-order valence-electron chi connectivity index (χ0n) is 13.1. The maximum absolute atomic E-state index is 3.65. The lowest BCUT2D eigenvalue weighted by Crippen LogP contribution is -2.47. The van der Waals surface area contributed by atoms with Gasteiger partial charge in [-0.15, -0.1) is 0 Å². The summed E-state index contributed by atoms with van der Waals surface area (Å²) in [5.74, 6) is 0. The van der Waals surface area contributed by atoms with Gasteiger partial charge in [-0.2, -0.15) is 0 Å². The Kier molecular flexibility index (Phi) is 6.61. The van der Waals surface area contributed by atoms with Gasteiger partial charge >= 0.3 is 0 Å². The Bertz CT molecular complexity index is 220. The number of nitrogens with zero attached hydrogens (tertiary/aromatic N) is 2. The fourth-order valence-electron chi connectivity index (χ4n) is 2.55. The number of piperidine rings is 1. The Morgan fingerprint density at radius 3 is 2.33 bits per heavy atom. The monoisotopic (exact) mass is 255 g/mol. The van der Waals surface area contributed by atoms with Crippen LogP contribution in [0.4, 0.5) is 0 Å². The maximum Gasteiger partial charge on any atom is 0.0123 e. The van der Waals surface area contributed by atoms with Crippen LogP contribution in [0, 0.1) is 0 Å². The molecule has 0 atom stereocenters. The highest BCUT2D eigenvalue weighted by Gasteiger charge is 2.21. The van der Waals surface area contributed by atoms with Crippen LogP contribution in [0.1, 0.15) is 47.0 Å². The van der Waals surface area contributed by atoms with Crippen LogP contribution in [-0.2, 0) is 0 Å². The molecule has 0 bridgehead atoms. The van der Waals surface area contributed by atoms with Crippen molar-refractivity contribution in [3.05, 3.63) is 0 Å². The molecule has 0 aromatic carbocycles. The average molecular weight is 255 g/mol. The number of hydrogen-bond donors (Lipinski definition) is 1. The predicted octanol–water partition coefficient (Wildman–Crippen LogP) is 2.18. The molecule has 1 rings (SSSR count). The van der Waals surface area contributed by atoms with E-state index in [4.69, 9.17) is 0 Å². The molecule has 108 valence electrons. The van der Waals surface area contributed by atoms with Gasteiger partial charge in [0.05, 0.1) is 0 Å². The highest BCUT2D eigenvalue weighted by Crippen LogP contribution is 2.14. The lowest BCUT2D eigenvalue weighted by atomic mass is 10.0. The topological polar surface area (TPSA) is 18.5 Å². The number of nitrogens with one attached hydrogen (secondary N) is 1. The van der Waals surface area contributed by atoms with Crippen LogP contribution in [0.2, 0.25) is 0 Å². The molecule has 0 aliphatic carbocycles. The van der Waals surface area contributed by atoms with E-state index in [1.165, 1.54) is 45.4 Å². The fourth-order valence-corrected chi connectivity index (χ4v) is 2.55. The van der Waals surface area contributed by atoms with Gasteiger partial charge in [0.1, 0.15) is 0 Å². The molecule has 0 amide bonds. The van der Waals surface area contributed by atoms with Crippen molar-refractivity contribution in [1.29, 1.82) is 0 Å². The molecule has 3 nitrogen and oxygen atoms in total. The highest BCUT2D eigenvalue weighted by molar-refractivity contribution is 4.80. The molecule has 1 aliphatic heterocycles. The minimum Gasteiger partial charge on any atom is -0.311 e. The molecule has 0 spiro atoms. The van der Waals surface area contributed by atoms with Crippen LogP contribution in [0.25, 0.3) is 0 Å². The van der Waals surface area contributed by atoms with Crippen molar-refractivity contribution in [1.82, 2.24) is 15.1 Å². The summed E-state index contributed by atoms with van der Waals surface area (Å²) in [7, 11) is 2.28. The van der Waals surface area contributed by atoms with E-state index in [0.717, 1.165) is 12.6 Å². The van der Waals surface area contributed by atoms with Crippen molar-refractivity contribution in [3.63, 3.8) is 0 Å². The van der Waals surface area contributed by atoms with Crippen LogP contribution < -0.4 is 5.32 Å². The largest absolute Gasteiger partial charge is 0.311 e. The minimum absolute atomic E-state index is 0.284. The van der Waals surface area contributed by atoms with E-state index in [0.29, 0.717) is 0 Å². The SMILES string of the molecule is CCN1CCC(N(C)CCNC(C)(C)CC)CC1. The Labute approximate surface area is 114 Å². The van der Waals surface area contributed by atoms with E-state index in [1.54, 1.807) is 0 Å². The second-order valence-corrected chi connectivity index (χ2v) is 6.31. The van der Waals surface area contributed by atoms with Gasteiger partial charge in [0.15, 0.2) is 0 Å². The summed E-state index contributed by atoms with van der Waals surface area (Å²) in [5, 5.41) is 3.65. The predicted molar refractivity (Wildman–Crippen MR) is 80.1 cm³/mol. The summed E-state index contributed by atoms with van der Waals surface area (Å²) in [6.07, 6.45) is 3.86. The zero-order chi connectivity index (χ0) is 13.6. The summed E-state index contributed by atoms with van der Waals surface area (Å²) in [5.41, 5.74) is 0.284. The molecule has 0 aromatic rings. The van der Waals surface area contributed by atoms with Gasteiger partial charge in [0.25, 0.3) is 0 Å². The molecule has 1 N–H and O–H groups in total. The van der Waals surface area contributed by atoms with Gasteiger partial charge in [0.2, 0.25) is 0 Å². The van der Waals surface area contributed by atoms with Crippen molar-refractivity contribution in [2.24, 2.45) is 0 Å². The quantitative estimate of drug-likeness (QED) is 0.752. The van der Waals surface area contributed by atoms with Crippen molar-refractivity contribution >= 4 is 0 Å². The fraction of sp³-hybridized carbons (Fsp3) is 1.00. The first-order valence-corrected chi connectivity index (χ1v) is 7.66. The number of rotatable bonds is 7. The highest BCUT2D eigenvalue weighted by atomic mass is 15.2. The lowest BCUT2D eigenvalue weighted by Gasteiger charge is -2.37. The summed E-state index contributed by atoms with van der Waals surface area (Å²) in [6.45, 7) is 15.1. The Morgan fingerprint density at radius 2 is 1.83 bits per heavy atom. The van der Waals surface area contributed by atoms with Gasteiger partial charge in [0, 0.05) is 24.7 Å². The molecule has 0 radical (unpaired) electrons. The lowest BCUT2D eigenvalue weighted by molar-refractivity contribution is 0.130. The van der Waals surface area contributed by atoms with Crippen molar-refractivity contribution in [2.45, 2.75) is 58.5 Å². The van der Waals surface area contributed by atoms with Crippen LogP contribution in [-0.4, -0.2) is 61.2 Å². The standard InChI is InChI=1S/C15H33N3/c1-6-15(3,4)16-10-13-17(5)14-8-11-18(7-2)12-9-14/h14,16H,6-13H2,1-5H3. The number of hydrogen-bond acceptors (Lipinski definition) is 3. The zero-order valence-corrected chi connectivity index (χ0v) is 13.1. The summed E-state index contributed by atoms with van der Waals surface area (Å²) in [4.78, 5) is 5.11. The van der Waals surface area contributed by atoms with Crippen LogP contribution in [0.5, 0.6) is 0 Å². The molecule has 0 aromatic heterocycles. The molecule has 3 heteroatoms. The minimum atomic E-state index is 0.284. The molecular formula is C15H33N3. The first kappa shape index (κ1) is 15.9. The molecular weight excluding hydrogens is 222 g/mol. The Balaban J connectivity index is 2.19. The van der Waals surface area contributed by atoms with Crippen molar-refractivity contribution in [2.75, 3.05) is 39.8 Å². The van der Waals surface area contributed by atoms with Gasteiger partial charge in [-0.1, -0.05) is 13.8 Å². The Morgan fingerprint density at radius 1 is 1.22 bits per heavy atom. The second kappa shape index (κ2) is 7.46. The van der Waals surface area contributed by atoms with E-state index in [2.05, 4.69) is 49.9 Å². The Hall–Kier alpha value is -0.120. The number of likely N-dealkylation sites (N-methyl/N-ethyl adjacent to an activating group) is 1. The van der Waals surface area contributed by atoms with Crippen LogP contribution >= 0.6 is 0 Å². The van der Waals surface area contributed by atoms with Gasteiger partial charge in [-0.3, -0.25) is 0 Å².